The van der Waals surface area contributed by atoms with Gasteiger partial charge in [-0.05, 0) is 45.3 Å². The van der Waals surface area contributed by atoms with Gasteiger partial charge < -0.3 is 5.32 Å². The summed E-state index contributed by atoms with van der Waals surface area (Å²) in [7, 11) is 0. The number of aryl methyl sites for hydroxylation is 1. The van der Waals surface area contributed by atoms with Crippen molar-refractivity contribution in [3.05, 3.63) is 23.8 Å². The summed E-state index contributed by atoms with van der Waals surface area (Å²) in [6, 6.07) is 2.05. The Labute approximate surface area is 122 Å². The predicted molar refractivity (Wildman–Crippen MR) is 80.5 cm³/mol. The van der Waals surface area contributed by atoms with Gasteiger partial charge in [-0.25, -0.2) is 9.97 Å². The van der Waals surface area contributed by atoms with Crippen LogP contribution in [0.4, 0.5) is 0 Å². The lowest BCUT2D eigenvalue weighted by atomic mass is 9.81. The predicted octanol–water partition coefficient (Wildman–Crippen LogP) is 2.28. The number of hydrogen-bond acceptors (Lipinski definition) is 4. The molecule has 1 aromatic heterocycles. The number of rotatable bonds is 2. The number of nitrogens with one attached hydrogen (secondary N) is 1. The van der Waals surface area contributed by atoms with E-state index in [9.17, 15) is 0 Å². The van der Waals surface area contributed by atoms with E-state index < -0.39 is 0 Å². The van der Waals surface area contributed by atoms with E-state index in [1.165, 1.54) is 58.2 Å². The lowest BCUT2D eigenvalue weighted by Gasteiger charge is -2.40. The van der Waals surface area contributed by atoms with Gasteiger partial charge in [-0.1, -0.05) is 19.3 Å². The Hall–Kier alpha value is -1.00. The monoisotopic (exact) mass is 274 g/mol. The van der Waals surface area contributed by atoms with Crippen molar-refractivity contribution in [3.8, 4) is 0 Å². The number of hydrogen-bond donors (Lipinski definition) is 1. The molecule has 1 saturated heterocycles. The van der Waals surface area contributed by atoms with Gasteiger partial charge >= 0.3 is 0 Å². The maximum absolute atomic E-state index is 4.56. The molecular weight excluding hydrogens is 248 g/mol. The maximum atomic E-state index is 4.56. The Kier molecular flexibility index (Phi) is 4.32. The van der Waals surface area contributed by atoms with Crippen LogP contribution < -0.4 is 5.32 Å². The molecule has 0 unspecified atom stereocenters. The zero-order chi connectivity index (χ0) is 13.8. The van der Waals surface area contributed by atoms with Crippen molar-refractivity contribution in [2.45, 2.75) is 57.5 Å². The topological polar surface area (TPSA) is 41.1 Å². The number of aromatic nitrogens is 2. The molecule has 0 radical (unpaired) electrons. The highest BCUT2D eigenvalue weighted by molar-refractivity contribution is 5.03. The summed E-state index contributed by atoms with van der Waals surface area (Å²) < 4.78 is 0. The zero-order valence-electron chi connectivity index (χ0n) is 12.6. The van der Waals surface area contributed by atoms with Crippen LogP contribution in [0.5, 0.6) is 0 Å². The largest absolute Gasteiger partial charge is 0.310 e. The van der Waals surface area contributed by atoms with E-state index >= 15 is 0 Å². The highest BCUT2D eigenvalue weighted by atomic mass is 15.2. The molecule has 1 aliphatic carbocycles. The quantitative estimate of drug-likeness (QED) is 0.898. The third-order valence-electron chi connectivity index (χ3n) is 4.71. The average Bonchev–Trinajstić information content (AvgIpc) is 2.62. The van der Waals surface area contributed by atoms with Gasteiger partial charge in [-0.2, -0.15) is 0 Å². The molecule has 0 bridgehead atoms. The van der Waals surface area contributed by atoms with Crippen LogP contribution in [-0.4, -0.2) is 40.0 Å². The minimum atomic E-state index is 0.372. The van der Waals surface area contributed by atoms with Crippen molar-refractivity contribution < 1.29 is 0 Å². The Bertz CT molecular complexity index is 440. The van der Waals surface area contributed by atoms with Crippen molar-refractivity contribution in [3.63, 3.8) is 0 Å². The first-order valence-electron chi connectivity index (χ1n) is 8.02. The summed E-state index contributed by atoms with van der Waals surface area (Å²) in [5.74, 6) is 0.878. The lowest BCUT2D eigenvalue weighted by molar-refractivity contribution is 0.158. The van der Waals surface area contributed by atoms with E-state index in [4.69, 9.17) is 0 Å². The SMILES string of the molecule is Cc1nccc(CN2CCCNC3(CCCCC3)C2)n1. The molecule has 1 aromatic rings. The number of nitrogens with zero attached hydrogens (tertiary/aromatic N) is 3. The van der Waals surface area contributed by atoms with Crippen LogP contribution in [0.3, 0.4) is 0 Å². The second-order valence-electron chi connectivity index (χ2n) is 6.43. The molecule has 3 rings (SSSR count). The second-order valence-corrected chi connectivity index (χ2v) is 6.43. The fourth-order valence-corrected chi connectivity index (χ4v) is 3.74. The fourth-order valence-electron chi connectivity index (χ4n) is 3.74. The Morgan fingerprint density at radius 1 is 1.25 bits per heavy atom. The Morgan fingerprint density at radius 2 is 2.10 bits per heavy atom. The molecule has 110 valence electrons. The lowest BCUT2D eigenvalue weighted by Crippen LogP contribution is -2.52. The summed E-state index contributed by atoms with van der Waals surface area (Å²) in [6.45, 7) is 6.45. The second kappa shape index (κ2) is 6.19. The molecule has 1 aliphatic heterocycles. The maximum Gasteiger partial charge on any atom is 0.125 e. The van der Waals surface area contributed by atoms with Crippen LogP contribution >= 0.6 is 0 Å². The average molecular weight is 274 g/mol. The van der Waals surface area contributed by atoms with Crippen LogP contribution in [0, 0.1) is 6.92 Å². The van der Waals surface area contributed by atoms with Crippen LogP contribution in [0.25, 0.3) is 0 Å². The van der Waals surface area contributed by atoms with Crippen molar-refractivity contribution >= 4 is 0 Å². The molecule has 1 spiro atoms. The fraction of sp³-hybridized carbons (Fsp3) is 0.750. The normalized spacial score (nSPS) is 23.6. The minimum Gasteiger partial charge on any atom is -0.310 e. The standard InChI is InChI=1S/C16H26N4/c1-14-17-10-6-15(19-14)12-20-11-5-9-18-16(13-20)7-3-2-4-8-16/h6,10,18H,2-5,7-9,11-13H2,1H3. The van der Waals surface area contributed by atoms with Crippen LogP contribution in [0.15, 0.2) is 12.3 Å². The molecular formula is C16H26N4. The molecule has 0 aromatic carbocycles. The van der Waals surface area contributed by atoms with Crippen molar-refractivity contribution in [1.29, 1.82) is 0 Å². The highest BCUT2D eigenvalue weighted by Gasteiger charge is 2.34. The first-order valence-corrected chi connectivity index (χ1v) is 8.02. The van der Waals surface area contributed by atoms with E-state index in [2.05, 4.69) is 26.3 Å². The highest BCUT2D eigenvalue weighted by Crippen LogP contribution is 2.30. The van der Waals surface area contributed by atoms with E-state index in [1.807, 2.05) is 13.1 Å². The van der Waals surface area contributed by atoms with E-state index in [0.717, 1.165) is 18.1 Å². The molecule has 2 aliphatic rings. The zero-order valence-corrected chi connectivity index (χ0v) is 12.6. The van der Waals surface area contributed by atoms with Gasteiger partial charge in [-0.3, -0.25) is 4.90 Å². The summed E-state index contributed by atoms with van der Waals surface area (Å²) in [4.78, 5) is 11.3. The molecule has 1 saturated carbocycles. The van der Waals surface area contributed by atoms with Crippen LogP contribution in [0.1, 0.15) is 50.0 Å². The third kappa shape index (κ3) is 3.36. The molecule has 0 atom stereocenters. The van der Waals surface area contributed by atoms with Gasteiger partial charge in [0.1, 0.15) is 5.82 Å². The molecule has 1 N–H and O–H groups in total. The first kappa shape index (κ1) is 14.0. The molecule has 20 heavy (non-hydrogen) atoms. The summed E-state index contributed by atoms with van der Waals surface area (Å²) in [5, 5.41) is 3.85. The van der Waals surface area contributed by atoms with Gasteiger partial charge in [0.25, 0.3) is 0 Å². The van der Waals surface area contributed by atoms with E-state index in [0.29, 0.717) is 5.54 Å². The van der Waals surface area contributed by atoms with Crippen molar-refractivity contribution in [1.82, 2.24) is 20.2 Å². The molecule has 4 heteroatoms. The molecule has 0 amide bonds. The van der Waals surface area contributed by atoms with Crippen LogP contribution in [0.2, 0.25) is 0 Å². The smallest absolute Gasteiger partial charge is 0.125 e. The van der Waals surface area contributed by atoms with Gasteiger partial charge in [0.2, 0.25) is 0 Å². The van der Waals surface area contributed by atoms with Gasteiger partial charge in [-0.15, -0.1) is 0 Å². The van der Waals surface area contributed by atoms with E-state index in [-0.39, 0.29) is 0 Å². The third-order valence-corrected chi connectivity index (χ3v) is 4.71. The van der Waals surface area contributed by atoms with Gasteiger partial charge in [0.05, 0.1) is 5.69 Å². The molecule has 4 nitrogen and oxygen atoms in total. The first-order chi connectivity index (χ1) is 9.76. The van der Waals surface area contributed by atoms with Gasteiger partial charge in [0, 0.05) is 24.8 Å². The van der Waals surface area contributed by atoms with Gasteiger partial charge in [0.15, 0.2) is 0 Å². The Balaban J connectivity index is 1.68. The summed E-state index contributed by atoms with van der Waals surface area (Å²) >= 11 is 0. The van der Waals surface area contributed by atoms with Crippen molar-refractivity contribution in [2.24, 2.45) is 0 Å². The minimum absolute atomic E-state index is 0.372. The van der Waals surface area contributed by atoms with Crippen LogP contribution in [-0.2, 0) is 6.54 Å². The molecule has 2 fully saturated rings. The van der Waals surface area contributed by atoms with E-state index in [1.54, 1.807) is 0 Å². The summed E-state index contributed by atoms with van der Waals surface area (Å²) in [6.07, 6.45) is 9.98. The molecule has 2 heterocycles. The summed E-state index contributed by atoms with van der Waals surface area (Å²) in [5.41, 5.74) is 1.53. The van der Waals surface area contributed by atoms with Crippen molar-refractivity contribution in [2.75, 3.05) is 19.6 Å². The Morgan fingerprint density at radius 3 is 2.90 bits per heavy atom.